The smallest absolute Gasteiger partial charge is 0.407 e. The number of sulfonamides is 1. The largest absolute Gasteiger partial charge is 0.443 e. The van der Waals surface area contributed by atoms with E-state index in [0.717, 1.165) is 24.0 Å². The third-order valence-electron chi connectivity index (χ3n) is 8.56. The molecule has 0 unspecified atom stereocenters. The van der Waals surface area contributed by atoms with Crippen molar-refractivity contribution in [2.75, 3.05) is 37.5 Å². The van der Waals surface area contributed by atoms with Gasteiger partial charge >= 0.3 is 6.09 Å². The number of para-hydroxylation sites is 1. The second kappa shape index (κ2) is 16.0. The molecular formula is C35H46N4O8S. The van der Waals surface area contributed by atoms with Crippen molar-refractivity contribution in [3.05, 3.63) is 83.9 Å². The minimum absolute atomic E-state index is 0.0269. The van der Waals surface area contributed by atoms with Gasteiger partial charge in [0.25, 0.3) is 0 Å². The summed E-state index contributed by atoms with van der Waals surface area (Å²) < 4.78 is 46.4. The number of fused-ring (bicyclic) bond motifs is 1. The summed E-state index contributed by atoms with van der Waals surface area (Å²) in [5.74, 6) is 0.484. The van der Waals surface area contributed by atoms with Crippen LogP contribution in [0, 0.1) is 11.8 Å². The summed E-state index contributed by atoms with van der Waals surface area (Å²) in [6.07, 6.45) is -1.14. The number of amides is 1. The van der Waals surface area contributed by atoms with Gasteiger partial charge in [-0.05, 0) is 60.6 Å². The lowest BCUT2D eigenvalue weighted by atomic mass is 10.0. The maximum atomic E-state index is 14.1. The van der Waals surface area contributed by atoms with Crippen LogP contribution in [-0.4, -0.2) is 74.8 Å². The van der Waals surface area contributed by atoms with Gasteiger partial charge < -0.3 is 35.2 Å². The highest BCUT2D eigenvalue weighted by molar-refractivity contribution is 7.89. The number of ether oxygens (including phenoxy) is 3. The van der Waals surface area contributed by atoms with E-state index in [0.29, 0.717) is 18.0 Å². The van der Waals surface area contributed by atoms with Crippen molar-refractivity contribution in [1.29, 1.82) is 0 Å². The van der Waals surface area contributed by atoms with Crippen molar-refractivity contribution in [3.8, 4) is 5.75 Å². The number of benzene rings is 3. The third-order valence-corrected chi connectivity index (χ3v) is 10.4. The Kier molecular flexibility index (Phi) is 11.8. The maximum Gasteiger partial charge on any atom is 0.407 e. The summed E-state index contributed by atoms with van der Waals surface area (Å²) in [7, 11) is -4.14. The Morgan fingerprint density at radius 1 is 1.06 bits per heavy atom. The lowest BCUT2D eigenvalue weighted by Gasteiger charge is -2.31. The van der Waals surface area contributed by atoms with Crippen molar-refractivity contribution in [1.82, 2.24) is 9.62 Å². The topological polar surface area (TPSA) is 162 Å². The normalized spacial score (nSPS) is 20.3. The minimum atomic E-state index is -4.14. The standard InChI is InChI=1S/C35H46N4O8S/c1-4-25-12-8-9-13-32(25)47-38-29-19-26(14-15-28(29)36)48(42,43)39(20-23(2)3)21-31(40)30(18-24-10-6-5-7-11-24)37-35(41)46-33-22-45-34-27(33)16-17-44-34/h5-15,19,23,27,30-31,33-34,38,40H,4,16-18,20-22,36H2,1-3H3,(H,37,41)/t27-,30-,31+,33-,34+/m0/s1. The zero-order valence-corrected chi connectivity index (χ0v) is 28.4. The van der Waals surface area contributed by atoms with E-state index in [9.17, 15) is 18.3 Å². The highest BCUT2D eigenvalue weighted by Gasteiger charge is 2.44. The van der Waals surface area contributed by atoms with Crippen LogP contribution in [-0.2, 0) is 37.1 Å². The van der Waals surface area contributed by atoms with Gasteiger partial charge in [-0.15, -0.1) is 0 Å². The number of hydrogen-bond donors (Lipinski definition) is 4. The zero-order chi connectivity index (χ0) is 34.3. The first-order valence-corrected chi connectivity index (χ1v) is 17.8. The number of hydrogen-bond acceptors (Lipinski definition) is 10. The molecule has 1 amide bonds. The summed E-state index contributed by atoms with van der Waals surface area (Å²) in [6, 6.07) is 20.3. The van der Waals surface area contributed by atoms with E-state index in [1.807, 2.05) is 75.4 Å². The van der Waals surface area contributed by atoms with Crippen LogP contribution in [0.3, 0.4) is 0 Å². The molecule has 2 fully saturated rings. The van der Waals surface area contributed by atoms with Gasteiger partial charge in [0.15, 0.2) is 12.0 Å². The molecule has 5 atom stereocenters. The second-order valence-electron chi connectivity index (χ2n) is 12.6. The molecule has 0 aliphatic carbocycles. The highest BCUT2D eigenvalue weighted by atomic mass is 32.2. The molecule has 2 heterocycles. The van der Waals surface area contributed by atoms with Crippen LogP contribution in [0.4, 0.5) is 16.2 Å². The van der Waals surface area contributed by atoms with Gasteiger partial charge in [-0.25, -0.2) is 18.7 Å². The lowest BCUT2D eigenvalue weighted by Crippen LogP contribution is -2.51. The van der Waals surface area contributed by atoms with E-state index in [4.69, 9.17) is 24.8 Å². The third kappa shape index (κ3) is 8.77. The number of aryl methyl sites for hydroxylation is 1. The summed E-state index contributed by atoms with van der Waals surface area (Å²) in [5, 5.41) is 14.4. The molecule has 13 heteroatoms. The van der Waals surface area contributed by atoms with E-state index < -0.39 is 34.4 Å². The van der Waals surface area contributed by atoms with Gasteiger partial charge in [0.2, 0.25) is 10.0 Å². The van der Waals surface area contributed by atoms with Gasteiger partial charge in [-0.3, -0.25) is 0 Å². The molecule has 3 aromatic carbocycles. The van der Waals surface area contributed by atoms with Crippen LogP contribution >= 0.6 is 0 Å². The van der Waals surface area contributed by atoms with E-state index in [-0.39, 0.29) is 54.8 Å². The van der Waals surface area contributed by atoms with E-state index in [1.165, 1.54) is 22.5 Å². The van der Waals surface area contributed by atoms with Gasteiger partial charge in [-0.1, -0.05) is 69.3 Å². The number of anilines is 2. The first kappa shape index (κ1) is 35.4. The summed E-state index contributed by atoms with van der Waals surface area (Å²) in [4.78, 5) is 18.9. The summed E-state index contributed by atoms with van der Waals surface area (Å²) >= 11 is 0. The number of aliphatic hydroxyl groups is 1. The Bertz CT molecular complexity index is 1620. The van der Waals surface area contributed by atoms with Crippen molar-refractivity contribution in [2.24, 2.45) is 11.8 Å². The monoisotopic (exact) mass is 682 g/mol. The molecule has 2 saturated heterocycles. The number of carbonyl (C=O) groups is 1. The van der Waals surface area contributed by atoms with Crippen LogP contribution in [0.15, 0.2) is 77.7 Å². The number of nitrogen functional groups attached to an aromatic ring is 1. The molecule has 0 spiro atoms. The molecule has 12 nitrogen and oxygen atoms in total. The zero-order valence-electron chi connectivity index (χ0n) is 27.6. The van der Waals surface area contributed by atoms with Crippen LogP contribution < -0.4 is 21.4 Å². The first-order valence-electron chi connectivity index (χ1n) is 16.4. The van der Waals surface area contributed by atoms with Gasteiger partial charge in [0.1, 0.15) is 6.10 Å². The van der Waals surface area contributed by atoms with Gasteiger partial charge in [0.05, 0.1) is 47.5 Å². The number of aliphatic hydroxyl groups excluding tert-OH is 1. The predicted octanol–water partition coefficient (Wildman–Crippen LogP) is 4.34. The fraction of sp³-hybridized carbons (Fsp3) is 0.457. The Balaban J connectivity index is 1.34. The van der Waals surface area contributed by atoms with Crippen LogP contribution in [0.2, 0.25) is 0 Å². The van der Waals surface area contributed by atoms with Crippen molar-refractivity contribution in [2.45, 2.75) is 69.5 Å². The fourth-order valence-electron chi connectivity index (χ4n) is 5.97. The molecule has 0 aromatic heterocycles. The van der Waals surface area contributed by atoms with E-state index in [2.05, 4.69) is 10.8 Å². The fourth-order valence-corrected chi connectivity index (χ4v) is 7.62. The molecule has 0 saturated carbocycles. The number of carbonyl (C=O) groups excluding carboxylic acids is 1. The molecule has 5 rings (SSSR count). The number of nitrogens with two attached hydrogens (primary N) is 1. The lowest BCUT2D eigenvalue weighted by molar-refractivity contribution is -0.0907. The molecule has 48 heavy (non-hydrogen) atoms. The molecule has 260 valence electrons. The molecule has 2 aliphatic rings. The molecule has 0 radical (unpaired) electrons. The summed E-state index contributed by atoms with van der Waals surface area (Å²) in [5.41, 5.74) is 11.4. The Hall–Kier alpha value is -3.88. The number of nitrogens with one attached hydrogen (secondary N) is 2. The highest BCUT2D eigenvalue weighted by Crippen LogP contribution is 2.33. The van der Waals surface area contributed by atoms with E-state index in [1.54, 1.807) is 0 Å². The maximum absolute atomic E-state index is 14.1. The summed E-state index contributed by atoms with van der Waals surface area (Å²) in [6.45, 7) is 6.40. The van der Waals surface area contributed by atoms with Crippen LogP contribution in [0.5, 0.6) is 5.75 Å². The average molecular weight is 683 g/mol. The van der Waals surface area contributed by atoms with Gasteiger partial charge in [0, 0.05) is 13.1 Å². The molecule has 0 bridgehead atoms. The number of nitrogens with zero attached hydrogens (tertiary/aromatic N) is 1. The first-order chi connectivity index (χ1) is 23.0. The van der Waals surface area contributed by atoms with Crippen molar-refractivity contribution < 1.29 is 37.4 Å². The Morgan fingerprint density at radius 3 is 2.56 bits per heavy atom. The second-order valence-corrected chi connectivity index (χ2v) is 14.5. The van der Waals surface area contributed by atoms with Crippen LogP contribution in [0.1, 0.15) is 38.3 Å². The molecule has 3 aromatic rings. The average Bonchev–Trinajstić information content (AvgIpc) is 3.69. The quantitative estimate of drug-likeness (QED) is 0.134. The number of alkyl carbamates (subject to hydrolysis) is 1. The Labute approximate surface area is 282 Å². The number of rotatable bonds is 15. The SMILES string of the molecule is CCc1ccccc1ONc1cc(S(=O)(=O)N(CC(C)C)C[C@@H](O)[C@H](Cc2ccccc2)NC(=O)O[C@H]2CO[C@H]3OCC[C@H]32)ccc1N. The Morgan fingerprint density at radius 2 is 1.81 bits per heavy atom. The molecular weight excluding hydrogens is 636 g/mol. The van der Waals surface area contributed by atoms with Crippen molar-refractivity contribution in [3.63, 3.8) is 0 Å². The minimum Gasteiger partial charge on any atom is -0.443 e. The molecule has 2 aliphatic heterocycles. The van der Waals surface area contributed by atoms with E-state index >= 15 is 0 Å². The van der Waals surface area contributed by atoms with Gasteiger partial charge in [-0.2, -0.15) is 4.31 Å². The predicted molar refractivity (Wildman–Crippen MR) is 182 cm³/mol. The molecule has 5 N–H and O–H groups in total. The van der Waals surface area contributed by atoms with Crippen LogP contribution in [0.25, 0.3) is 0 Å². The van der Waals surface area contributed by atoms with Crippen molar-refractivity contribution >= 4 is 27.5 Å².